The zero-order valence-electron chi connectivity index (χ0n) is 14.5. The van der Waals surface area contributed by atoms with Gasteiger partial charge in [-0.2, -0.15) is 0 Å². The molecule has 4 rings (SSSR count). The molecule has 2 aromatic rings. The van der Waals surface area contributed by atoms with E-state index in [1.54, 1.807) is 0 Å². The Morgan fingerprint density at radius 2 is 1.93 bits per heavy atom. The number of aliphatic hydroxyl groups is 3. The van der Waals surface area contributed by atoms with Crippen molar-refractivity contribution >= 4 is 6.08 Å². The van der Waals surface area contributed by atoms with Gasteiger partial charge in [-0.15, -0.1) is 0 Å². The van der Waals surface area contributed by atoms with Gasteiger partial charge in [0.2, 0.25) is 0 Å². The summed E-state index contributed by atoms with van der Waals surface area (Å²) in [4.78, 5) is 8.55. The lowest BCUT2D eigenvalue weighted by molar-refractivity contribution is -0.0278. The molecule has 142 valence electrons. The van der Waals surface area contributed by atoms with E-state index in [0.717, 1.165) is 35.5 Å². The largest absolute Gasteiger partial charge is 0.390 e. The van der Waals surface area contributed by atoms with Crippen LogP contribution in [0.3, 0.4) is 0 Å². The van der Waals surface area contributed by atoms with Gasteiger partial charge in [-0.3, -0.25) is 0 Å². The molecule has 7 heteroatoms. The predicted octanol–water partition coefficient (Wildman–Crippen LogP) is 1.96. The molecule has 0 amide bonds. The predicted molar refractivity (Wildman–Crippen MR) is 93.4 cm³/mol. The third kappa shape index (κ3) is 3.26. The molecule has 1 aromatic heterocycles. The number of halogens is 2. The zero-order valence-corrected chi connectivity index (χ0v) is 14.5. The van der Waals surface area contributed by atoms with Gasteiger partial charge in [0.05, 0.1) is 29.7 Å². The molecule has 3 N–H and O–H groups in total. The van der Waals surface area contributed by atoms with Gasteiger partial charge in [0.25, 0.3) is 0 Å². The van der Waals surface area contributed by atoms with Crippen LogP contribution in [-0.4, -0.2) is 37.5 Å². The van der Waals surface area contributed by atoms with Crippen LogP contribution in [0, 0.1) is 23.5 Å². The van der Waals surface area contributed by atoms with Crippen molar-refractivity contribution in [1.29, 1.82) is 0 Å². The van der Waals surface area contributed by atoms with E-state index in [2.05, 4.69) is 9.97 Å². The number of allylic oxidation sites excluding steroid dienone is 1. The Kier molecular flexibility index (Phi) is 4.75. The molecule has 1 saturated carbocycles. The van der Waals surface area contributed by atoms with Crippen molar-refractivity contribution in [2.24, 2.45) is 11.8 Å². The molecule has 0 aliphatic heterocycles. The lowest BCUT2D eigenvalue weighted by Gasteiger charge is -2.22. The summed E-state index contributed by atoms with van der Waals surface area (Å²) in [5, 5.41) is 31.5. The van der Waals surface area contributed by atoms with E-state index in [9.17, 15) is 24.1 Å². The summed E-state index contributed by atoms with van der Waals surface area (Å²) in [6, 6.07) is 3.16. The van der Waals surface area contributed by atoms with Gasteiger partial charge >= 0.3 is 0 Å². The molecule has 27 heavy (non-hydrogen) atoms. The summed E-state index contributed by atoms with van der Waals surface area (Å²) >= 11 is 0. The van der Waals surface area contributed by atoms with Gasteiger partial charge in [0, 0.05) is 17.9 Å². The number of hydrogen-bond acceptors (Lipinski definition) is 5. The maximum atomic E-state index is 13.5. The lowest BCUT2D eigenvalue weighted by atomic mass is 9.91. The second-order valence-corrected chi connectivity index (χ2v) is 7.25. The lowest BCUT2D eigenvalue weighted by Crippen LogP contribution is -2.31. The van der Waals surface area contributed by atoms with Gasteiger partial charge in [0.1, 0.15) is 6.33 Å². The van der Waals surface area contributed by atoms with Gasteiger partial charge in [-0.1, -0.05) is 18.2 Å². The average molecular weight is 374 g/mol. The van der Waals surface area contributed by atoms with E-state index >= 15 is 0 Å². The molecule has 0 radical (unpaired) electrons. The normalized spacial score (nSPS) is 27.7. The molecule has 1 aromatic carbocycles. The highest BCUT2D eigenvalue weighted by atomic mass is 19.2. The summed E-state index contributed by atoms with van der Waals surface area (Å²) in [6.45, 7) is 0. The molecular weight excluding hydrogens is 354 g/mol. The van der Waals surface area contributed by atoms with E-state index in [-0.39, 0.29) is 11.5 Å². The van der Waals surface area contributed by atoms with Gasteiger partial charge in [-0.25, -0.2) is 18.7 Å². The fourth-order valence-corrected chi connectivity index (χ4v) is 4.15. The van der Waals surface area contributed by atoms with Crippen molar-refractivity contribution in [3.63, 3.8) is 0 Å². The van der Waals surface area contributed by atoms with Crippen molar-refractivity contribution < 1.29 is 24.1 Å². The Morgan fingerprint density at radius 3 is 2.70 bits per heavy atom. The standard InChI is InChI=1S/C20H20F2N2O3/c21-14-5-4-10(7-15(14)22)18(25)13-6-11(19(26)20(13)27)8-17-12-2-1-3-16(12)23-9-24-17/h1-2,4-5,7,9,11,13,18-20,25-27H,3,6,8H2/t11?,13?,18-,19-,20+/m0/s1. The summed E-state index contributed by atoms with van der Waals surface area (Å²) < 4.78 is 26.6. The van der Waals surface area contributed by atoms with Crippen LogP contribution < -0.4 is 0 Å². The number of aliphatic hydroxyl groups excluding tert-OH is 3. The smallest absolute Gasteiger partial charge is 0.159 e. The van der Waals surface area contributed by atoms with Crippen molar-refractivity contribution in [1.82, 2.24) is 9.97 Å². The average Bonchev–Trinajstić information content (AvgIpc) is 3.24. The Labute approximate surface area is 155 Å². The van der Waals surface area contributed by atoms with E-state index in [0.29, 0.717) is 12.8 Å². The van der Waals surface area contributed by atoms with Crippen LogP contribution in [0.15, 0.2) is 30.6 Å². The third-order valence-electron chi connectivity index (χ3n) is 5.64. The maximum absolute atomic E-state index is 13.5. The first-order chi connectivity index (χ1) is 13.0. The van der Waals surface area contributed by atoms with E-state index in [4.69, 9.17) is 0 Å². The highest BCUT2D eigenvalue weighted by Crippen LogP contribution is 2.41. The minimum atomic E-state index is -1.20. The fraction of sp³-hybridized carbons (Fsp3) is 0.400. The molecule has 2 aliphatic carbocycles. The molecule has 0 saturated heterocycles. The quantitative estimate of drug-likeness (QED) is 0.762. The molecular formula is C20H20F2N2O3. The van der Waals surface area contributed by atoms with Crippen LogP contribution in [0.2, 0.25) is 0 Å². The SMILES string of the molecule is O[C@@H]1C([C@@H](O)c2ccc(F)c(F)c2)CC(Cc2ncnc3c2C=CC3)[C@@H]1O. The zero-order chi connectivity index (χ0) is 19.1. The van der Waals surface area contributed by atoms with E-state index < -0.39 is 35.9 Å². The van der Waals surface area contributed by atoms with Crippen LogP contribution >= 0.6 is 0 Å². The maximum Gasteiger partial charge on any atom is 0.159 e. The van der Waals surface area contributed by atoms with Crippen LogP contribution in [-0.2, 0) is 12.8 Å². The number of nitrogens with zero attached hydrogens (tertiary/aromatic N) is 2. The first-order valence-corrected chi connectivity index (χ1v) is 8.94. The molecule has 2 aliphatic rings. The second kappa shape index (κ2) is 7.07. The Balaban J connectivity index is 1.53. The number of fused-ring (bicyclic) bond motifs is 1. The highest BCUT2D eigenvalue weighted by molar-refractivity contribution is 5.59. The molecule has 5 nitrogen and oxygen atoms in total. The molecule has 1 heterocycles. The number of aromatic nitrogens is 2. The van der Waals surface area contributed by atoms with Gasteiger partial charge < -0.3 is 15.3 Å². The number of rotatable bonds is 4. The first kappa shape index (κ1) is 18.2. The molecule has 2 unspecified atom stereocenters. The van der Waals surface area contributed by atoms with Crippen molar-refractivity contribution in [2.75, 3.05) is 0 Å². The molecule has 0 bridgehead atoms. The Bertz CT molecular complexity index is 890. The van der Waals surface area contributed by atoms with Gasteiger partial charge in [-0.05, 0) is 36.5 Å². The molecule has 5 atom stereocenters. The summed E-state index contributed by atoms with van der Waals surface area (Å²) in [6.07, 6.45) is 3.57. The Hall–Kier alpha value is -2.22. The van der Waals surface area contributed by atoms with Crippen molar-refractivity contribution in [3.8, 4) is 0 Å². The Morgan fingerprint density at radius 1 is 1.11 bits per heavy atom. The van der Waals surface area contributed by atoms with Crippen LogP contribution in [0.5, 0.6) is 0 Å². The minimum Gasteiger partial charge on any atom is -0.390 e. The summed E-state index contributed by atoms with van der Waals surface area (Å²) in [7, 11) is 0. The monoisotopic (exact) mass is 374 g/mol. The van der Waals surface area contributed by atoms with Crippen LogP contribution in [0.25, 0.3) is 6.08 Å². The van der Waals surface area contributed by atoms with Crippen LogP contribution in [0.4, 0.5) is 8.78 Å². The van der Waals surface area contributed by atoms with E-state index in [1.807, 2.05) is 12.2 Å². The molecule has 0 spiro atoms. The molecule has 1 fully saturated rings. The number of benzene rings is 1. The fourth-order valence-electron chi connectivity index (χ4n) is 4.15. The topological polar surface area (TPSA) is 86.5 Å². The minimum absolute atomic E-state index is 0.177. The van der Waals surface area contributed by atoms with Gasteiger partial charge in [0.15, 0.2) is 11.6 Å². The van der Waals surface area contributed by atoms with Crippen LogP contribution in [0.1, 0.15) is 35.0 Å². The van der Waals surface area contributed by atoms with E-state index in [1.165, 1.54) is 12.4 Å². The third-order valence-corrected chi connectivity index (χ3v) is 5.64. The van der Waals surface area contributed by atoms with Crippen molar-refractivity contribution in [2.45, 2.75) is 37.6 Å². The summed E-state index contributed by atoms with van der Waals surface area (Å²) in [5.41, 5.74) is 2.86. The highest BCUT2D eigenvalue weighted by Gasteiger charge is 2.45. The summed E-state index contributed by atoms with van der Waals surface area (Å²) in [5.74, 6) is -3.04. The first-order valence-electron chi connectivity index (χ1n) is 8.94. The number of hydrogen-bond donors (Lipinski definition) is 3. The second-order valence-electron chi connectivity index (χ2n) is 7.25. The van der Waals surface area contributed by atoms with Crippen molar-refractivity contribution in [3.05, 3.63) is 64.8 Å².